The van der Waals surface area contributed by atoms with E-state index in [4.69, 9.17) is 6.42 Å². The molecule has 212 valence electrons. The Morgan fingerprint density at radius 3 is 2.73 bits per heavy atom. The van der Waals surface area contributed by atoms with Gasteiger partial charge in [0, 0.05) is 24.2 Å². The Kier molecular flexibility index (Phi) is 9.87. The molecule has 0 aliphatic rings. The van der Waals surface area contributed by atoms with Crippen LogP contribution in [0.5, 0.6) is 0 Å². The topological polar surface area (TPSA) is 141 Å². The second-order valence-electron chi connectivity index (χ2n) is 9.40. The van der Waals surface area contributed by atoms with Gasteiger partial charge in [-0.1, -0.05) is 0 Å². The lowest BCUT2D eigenvalue weighted by molar-refractivity contribution is -0.898. The van der Waals surface area contributed by atoms with Crippen molar-refractivity contribution in [3.8, 4) is 12.3 Å². The van der Waals surface area contributed by atoms with Crippen LogP contribution in [0.4, 0.5) is 27.5 Å². The number of fused-ring (bicyclic) bond motifs is 1. The lowest BCUT2D eigenvalue weighted by Crippen LogP contribution is -3.00. The van der Waals surface area contributed by atoms with Gasteiger partial charge in [-0.2, -0.15) is 0 Å². The molecule has 12 nitrogen and oxygen atoms in total. The summed E-state index contributed by atoms with van der Waals surface area (Å²) in [6, 6.07) is 6.11. The zero-order valence-corrected chi connectivity index (χ0v) is 25.3. The number of halogens is 3. The fourth-order valence-electron chi connectivity index (χ4n) is 3.89. The molecular formula is C26H24Br2FN9O3. The van der Waals surface area contributed by atoms with Gasteiger partial charge in [0.05, 0.1) is 36.8 Å². The van der Waals surface area contributed by atoms with Crippen molar-refractivity contribution in [3.63, 3.8) is 0 Å². The summed E-state index contributed by atoms with van der Waals surface area (Å²) in [5.74, 6) is 2.17. The molecule has 0 saturated heterocycles. The summed E-state index contributed by atoms with van der Waals surface area (Å²) in [6.45, 7) is 0.654. The predicted molar refractivity (Wildman–Crippen MR) is 151 cm³/mol. The first kappa shape index (κ1) is 31.3. The Hall–Kier alpha value is -4.26. The molecule has 2 N–H and O–H groups in total. The quantitative estimate of drug-likeness (QED) is 0.0875. The molecule has 15 heteroatoms. The van der Waals surface area contributed by atoms with E-state index in [9.17, 15) is 19.3 Å². The summed E-state index contributed by atoms with van der Waals surface area (Å²) in [6.07, 6.45) is 11.3. The Labute approximate surface area is 253 Å². The number of amides is 1. The van der Waals surface area contributed by atoms with Crippen LogP contribution in [0.1, 0.15) is 11.5 Å². The van der Waals surface area contributed by atoms with Gasteiger partial charge in [0.1, 0.15) is 30.3 Å². The summed E-state index contributed by atoms with van der Waals surface area (Å²) in [5.41, 5.74) is 1.54. The minimum Gasteiger partial charge on any atom is -1.00 e. The molecule has 41 heavy (non-hydrogen) atoms. The van der Waals surface area contributed by atoms with E-state index in [1.807, 2.05) is 14.1 Å². The maximum atomic E-state index is 13.6. The van der Waals surface area contributed by atoms with Gasteiger partial charge in [0.2, 0.25) is 5.91 Å². The number of hydrogen-bond donors (Lipinski definition) is 2. The van der Waals surface area contributed by atoms with Crippen LogP contribution in [-0.2, 0) is 18.4 Å². The molecule has 4 rings (SSSR count). The average molecular weight is 689 g/mol. The number of anilines is 3. The third kappa shape index (κ3) is 7.48. The molecule has 0 radical (unpaired) electrons. The number of aromatic nitrogens is 5. The van der Waals surface area contributed by atoms with Gasteiger partial charge in [-0.15, -0.1) is 6.42 Å². The average Bonchev–Trinajstić information content (AvgIpc) is 3.21. The molecule has 3 aromatic heterocycles. The molecule has 0 aliphatic heterocycles. The predicted octanol–water partition coefficient (Wildman–Crippen LogP) is 1.07. The van der Waals surface area contributed by atoms with Crippen LogP contribution in [-0.4, -0.2) is 60.5 Å². The number of nitrogens with zero attached hydrogens (tertiary/aromatic N) is 7. The van der Waals surface area contributed by atoms with E-state index in [2.05, 4.69) is 52.4 Å². The summed E-state index contributed by atoms with van der Waals surface area (Å²) in [7, 11) is 5.37. The van der Waals surface area contributed by atoms with Crippen molar-refractivity contribution < 1.29 is 35.6 Å². The van der Waals surface area contributed by atoms with Crippen molar-refractivity contribution in [3.05, 3.63) is 80.9 Å². The monoisotopic (exact) mass is 687 g/mol. The van der Waals surface area contributed by atoms with Crippen molar-refractivity contribution in [1.82, 2.24) is 24.5 Å². The Bertz CT molecular complexity index is 1700. The maximum Gasteiger partial charge on any atom is 0.392 e. The zero-order chi connectivity index (χ0) is 29.0. The van der Waals surface area contributed by atoms with Gasteiger partial charge in [0.15, 0.2) is 5.69 Å². The van der Waals surface area contributed by atoms with Crippen LogP contribution in [0.25, 0.3) is 10.9 Å². The summed E-state index contributed by atoms with van der Waals surface area (Å²) in [5, 5.41) is 17.9. The van der Waals surface area contributed by atoms with E-state index in [0.29, 0.717) is 43.6 Å². The van der Waals surface area contributed by atoms with E-state index < -0.39 is 10.8 Å². The van der Waals surface area contributed by atoms with Crippen LogP contribution in [0.2, 0.25) is 0 Å². The summed E-state index contributed by atoms with van der Waals surface area (Å²) in [4.78, 5) is 40.1. The highest BCUT2D eigenvalue weighted by molar-refractivity contribution is 9.10. The Morgan fingerprint density at radius 2 is 2.05 bits per heavy atom. The van der Waals surface area contributed by atoms with Crippen molar-refractivity contribution in [2.24, 2.45) is 7.05 Å². The van der Waals surface area contributed by atoms with Crippen LogP contribution in [0.3, 0.4) is 0 Å². The fourth-order valence-corrected chi connectivity index (χ4v) is 4.27. The highest BCUT2D eigenvalue weighted by Gasteiger charge is 2.30. The number of imidazole rings is 1. The molecule has 4 aromatic rings. The van der Waals surface area contributed by atoms with E-state index >= 15 is 0 Å². The molecule has 0 spiro atoms. The molecule has 0 aliphatic carbocycles. The number of benzene rings is 1. The first-order chi connectivity index (χ1) is 19.0. The number of carbonyl (C=O) groups excluding carboxylic acids is 1. The number of hydrogen-bond acceptors (Lipinski definition) is 8. The molecule has 1 aromatic carbocycles. The standard InChI is InChI=1S/C26H23BrFN9O3.BrH/c1-5-23-34-26(36(39)40)21(35(23)2)14-37(3,4)10-6-7-24(38)33-22-12-17-20(13-29-22)30-15-31-25(17)32-16-8-9-19(28)18(27)11-16;/h1,6-9,11-13,15H,10,14H2,2-4H3,(H-,29,30,31,32,33,38);1H/b7-6+;. The van der Waals surface area contributed by atoms with Gasteiger partial charge in [-0.3, -0.25) is 9.36 Å². The number of nitro groups is 1. The van der Waals surface area contributed by atoms with Gasteiger partial charge in [0.25, 0.3) is 5.82 Å². The smallest absolute Gasteiger partial charge is 0.392 e. The lowest BCUT2D eigenvalue weighted by Gasteiger charge is -2.28. The minimum atomic E-state index is -0.555. The molecule has 3 heterocycles. The second kappa shape index (κ2) is 12.9. The number of likely N-dealkylation sites (N-methyl/N-ethyl adjacent to an activating group) is 1. The van der Waals surface area contributed by atoms with Gasteiger partial charge in [-0.25, -0.2) is 19.3 Å². The third-order valence-corrected chi connectivity index (χ3v) is 6.50. The highest BCUT2D eigenvalue weighted by atomic mass is 79.9. The molecule has 0 fully saturated rings. The first-order valence-corrected chi connectivity index (χ1v) is 12.6. The largest absolute Gasteiger partial charge is 1.00 e. The minimum absolute atomic E-state index is 0. The highest BCUT2D eigenvalue weighted by Crippen LogP contribution is 2.27. The van der Waals surface area contributed by atoms with E-state index in [-0.39, 0.29) is 46.8 Å². The van der Waals surface area contributed by atoms with Crippen LogP contribution >= 0.6 is 15.9 Å². The van der Waals surface area contributed by atoms with E-state index in [1.54, 1.807) is 31.3 Å². The summed E-state index contributed by atoms with van der Waals surface area (Å²) >= 11 is 3.16. The van der Waals surface area contributed by atoms with Crippen molar-refractivity contribution in [2.75, 3.05) is 31.3 Å². The van der Waals surface area contributed by atoms with Crippen molar-refractivity contribution in [1.29, 1.82) is 0 Å². The number of rotatable bonds is 9. The molecule has 0 atom stereocenters. The number of nitrogens with one attached hydrogen (secondary N) is 2. The van der Waals surface area contributed by atoms with Crippen LogP contribution in [0.15, 0.2) is 53.4 Å². The number of pyridine rings is 1. The summed E-state index contributed by atoms with van der Waals surface area (Å²) < 4.78 is 15.7. The molecule has 0 bridgehead atoms. The van der Waals surface area contributed by atoms with Crippen LogP contribution < -0.4 is 27.6 Å². The first-order valence-electron chi connectivity index (χ1n) is 11.8. The van der Waals surface area contributed by atoms with Gasteiger partial charge >= 0.3 is 5.82 Å². The number of terminal acetylenes is 1. The van der Waals surface area contributed by atoms with E-state index in [0.717, 1.165) is 0 Å². The fraction of sp³-hybridized carbons (Fsp3) is 0.192. The molecule has 0 unspecified atom stereocenters. The number of quaternary nitrogens is 1. The van der Waals surface area contributed by atoms with Crippen LogP contribution in [0, 0.1) is 28.3 Å². The Morgan fingerprint density at radius 1 is 1.29 bits per heavy atom. The SMILES string of the molecule is C#Cc1nc([N+](=O)[O-])c(C[N+](C)(C)C/C=C/C(=O)Nc2cc3c(Nc4ccc(F)c(Br)c4)ncnc3cn2)n1C.[Br-]. The lowest BCUT2D eigenvalue weighted by atomic mass is 10.2. The van der Waals surface area contributed by atoms with E-state index in [1.165, 1.54) is 29.2 Å². The maximum absolute atomic E-state index is 13.6. The Balaban J connectivity index is 0.00000462. The molecular weight excluding hydrogens is 665 g/mol. The third-order valence-electron chi connectivity index (χ3n) is 5.90. The van der Waals surface area contributed by atoms with Gasteiger partial charge < -0.3 is 42.2 Å². The zero-order valence-electron chi connectivity index (χ0n) is 22.1. The van der Waals surface area contributed by atoms with Crippen molar-refractivity contribution in [2.45, 2.75) is 6.54 Å². The van der Waals surface area contributed by atoms with Crippen molar-refractivity contribution >= 4 is 55.9 Å². The van der Waals surface area contributed by atoms with Gasteiger partial charge in [-0.05, 0) is 62.1 Å². The molecule has 0 saturated carbocycles. The molecule has 1 amide bonds. The normalized spacial score (nSPS) is 11.2. The number of carbonyl (C=O) groups is 1. The second-order valence-corrected chi connectivity index (χ2v) is 10.3.